The van der Waals surface area contributed by atoms with E-state index in [0.717, 1.165) is 0 Å². The third-order valence-corrected chi connectivity index (χ3v) is 1.77. The first-order valence-corrected chi connectivity index (χ1v) is 5.50. The zero-order chi connectivity index (χ0) is 11.3. The molecule has 0 aliphatic rings. The Kier molecular flexibility index (Phi) is 4.14. The predicted molar refractivity (Wildman–Crippen MR) is 57.8 cm³/mol. The van der Waals surface area contributed by atoms with Gasteiger partial charge in [-0.3, -0.25) is 0 Å². The highest BCUT2D eigenvalue weighted by molar-refractivity contribution is 7.98. The molecular formula is C7H12N7S+. The summed E-state index contributed by atoms with van der Waals surface area (Å²) in [4.78, 5) is 15.3. The number of hydrogen-bond acceptors (Lipinski definition) is 7. The quantitative estimate of drug-likeness (QED) is 0.473. The fourth-order valence-electron chi connectivity index (χ4n) is 0.666. The summed E-state index contributed by atoms with van der Waals surface area (Å²) in [6.45, 7) is 3.79. The molecule has 80 valence electrons. The molecule has 0 amide bonds. The first-order chi connectivity index (χ1) is 7.11. The highest BCUT2D eigenvalue weighted by Gasteiger charge is 2.06. The van der Waals surface area contributed by atoms with E-state index in [9.17, 15) is 0 Å². The van der Waals surface area contributed by atoms with Crippen LogP contribution in [0.15, 0.2) is 15.4 Å². The van der Waals surface area contributed by atoms with Crippen LogP contribution in [0.25, 0.3) is 0 Å². The Morgan fingerprint density at radius 2 is 2.07 bits per heavy atom. The third-order valence-electron chi connectivity index (χ3n) is 1.22. The second-order valence-electron chi connectivity index (χ2n) is 2.88. The first kappa shape index (κ1) is 11.5. The molecule has 15 heavy (non-hydrogen) atoms. The fourth-order valence-corrected chi connectivity index (χ4v) is 1.02. The Balaban J connectivity index is 2.95. The summed E-state index contributed by atoms with van der Waals surface area (Å²) in [6, 6.07) is 0.0907. The molecular weight excluding hydrogens is 214 g/mol. The minimum absolute atomic E-state index is 0.0907. The smallest absolute Gasteiger partial charge is 0.342 e. The van der Waals surface area contributed by atoms with Crippen LogP contribution in [-0.4, -0.2) is 27.2 Å². The van der Waals surface area contributed by atoms with Crippen molar-refractivity contribution in [1.82, 2.24) is 19.9 Å². The van der Waals surface area contributed by atoms with Crippen molar-refractivity contribution in [2.24, 2.45) is 10.2 Å². The number of nitrogen functional groups attached to an aromatic ring is 1. The normalized spacial score (nSPS) is 9.87. The maximum atomic E-state index is 5.46. The molecule has 2 N–H and O–H groups in total. The third kappa shape index (κ3) is 4.01. The summed E-state index contributed by atoms with van der Waals surface area (Å²) in [6.07, 6.45) is 1.84. The topological polar surface area (TPSA) is 104 Å². The summed E-state index contributed by atoms with van der Waals surface area (Å²) >= 11 is 1.36. The highest BCUT2D eigenvalue weighted by Crippen LogP contribution is 2.12. The van der Waals surface area contributed by atoms with Gasteiger partial charge in [0.1, 0.15) is 11.2 Å². The molecule has 0 unspecified atom stereocenters. The zero-order valence-electron chi connectivity index (χ0n) is 8.75. The van der Waals surface area contributed by atoms with E-state index in [1.807, 2.05) is 20.1 Å². The molecule has 0 atom stereocenters. The van der Waals surface area contributed by atoms with Gasteiger partial charge in [-0.25, -0.2) is 0 Å². The fraction of sp³-hybridized carbons (Fsp3) is 0.571. The molecule has 0 aliphatic carbocycles. The van der Waals surface area contributed by atoms with Gasteiger partial charge < -0.3 is 5.73 Å². The minimum atomic E-state index is 0.0907. The average Bonchev–Trinajstić information content (AvgIpc) is 2.16. The van der Waals surface area contributed by atoms with Gasteiger partial charge in [0, 0.05) is 0 Å². The Labute approximate surface area is 91.4 Å². The van der Waals surface area contributed by atoms with Crippen molar-refractivity contribution in [3.05, 3.63) is 0 Å². The summed E-state index contributed by atoms with van der Waals surface area (Å²) < 4.78 is 0. The number of rotatable bonds is 3. The molecule has 1 heterocycles. The molecule has 0 spiro atoms. The average molecular weight is 226 g/mol. The van der Waals surface area contributed by atoms with Crippen molar-refractivity contribution >= 4 is 23.7 Å². The molecule has 1 rings (SSSR count). The Morgan fingerprint density at radius 3 is 2.67 bits per heavy atom. The number of thioether (sulfide) groups is 1. The van der Waals surface area contributed by atoms with Crippen LogP contribution in [0.1, 0.15) is 13.8 Å². The molecule has 8 heteroatoms. The number of hydrogen-bond donors (Lipinski definition) is 1. The van der Waals surface area contributed by atoms with Gasteiger partial charge in [0.15, 0.2) is 10.3 Å². The van der Waals surface area contributed by atoms with Crippen LogP contribution in [0.2, 0.25) is 0 Å². The van der Waals surface area contributed by atoms with Crippen LogP contribution in [0.5, 0.6) is 0 Å². The van der Waals surface area contributed by atoms with Crippen LogP contribution in [0, 0.1) is 0 Å². The molecule has 0 radical (unpaired) electrons. The summed E-state index contributed by atoms with van der Waals surface area (Å²) in [5, 5.41) is 8.05. The SMILES string of the molecule is CSc1nc(N)nc(N=[N+]=NC(C)C)n1. The van der Waals surface area contributed by atoms with Crippen LogP contribution in [0.3, 0.4) is 0 Å². The summed E-state index contributed by atoms with van der Waals surface area (Å²) in [7, 11) is 0. The summed E-state index contributed by atoms with van der Waals surface area (Å²) in [5.41, 5.74) is 5.46. The van der Waals surface area contributed by atoms with E-state index in [0.29, 0.717) is 5.16 Å². The second-order valence-corrected chi connectivity index (χ2v) is 3.65. The maximum absolute atomic E-state index is 5.46. The van der Waals surface area contributed by atoms with Crippen LogP contribution >= 0.6 is 11.8 Å². The molecule has 0 bridgehead atoms. The lowest BCUT2D eigenvalue weighted by Crippen LogP contribution is -1.98. The number of nitrogens with zero attached hydrogens (tertiary/aromatic N) is 6. The largest absolute Gasteiger partial charge is 0.368 e. The molecule has 7 nitrogen and oxygen atoms in total. The molecule has 1 aromatic rings. The summed E-state index contributed by atoms with van der Waals surface area (Å²) in [5.74, 6) is 0.309. The van der Waals surface area contributed by atoms with Gasteiger partial charge in [-0.1, -0.05) is 11.8 Å². The molecule has 0 saturated heterocycles. The van der Waals surface area contributed by atoms with Gasteiger partial charge in [-0.05, 0) is 20.1 Å². The lowest BCUT2D eigenvalue weighted by atomic mass is 10.4. The Bertz CT molecular complexity index is 396. The molecule has 0 aromatic carbocycles. The second kappa shape index (κ2) is 5.38. The van der Waals surface area contributed by atoms with Crippen molar-refractivity contribution in [3.8, 4) is 0 Å². The van der Waals surface area contributed by atoms with Crippen LogP contribution in [0.4, 0.5) is 11.9 Å². The maximum Gasteiger partial charge on any atom is 0.342 e. The van der Waals surface area contributed by atoms with Gasteiger partial charge in [0.2, 0.25) is 10.9 Å². The highest BCUT2D eigenvalue weighted by atomic mass is 32.2. The van der Waals surface area contributed by atoms with Crippen LogP contribution < -0.4 is 10.6 Å². The number of nitrogens with two attached hydrogens (primary N) is 1. The van der Waals surface area contributed by atoms with Gasteiger partial charge in [-0.2, -0.15) is 15.0 Å². The van der Waals surface area contributed by atoms with Crippen molar-refractivity contribution in [3.63, 3.8) is 0 Å². The number of anilines is 1. The molecule has 0 saturated carbocycles. The minimum Gasteiger partial charge on any atom is -0.368 e. The lowest BCUT2D eigenvalue weighted by Gasteiger charge is -1.93. The Hall–Kier alpha value is -1.53. The Morgan fingerprint density at radius 1 is 1.33 bits per heavy atom. The first-order valence-electron chi connectivity index (χ1n) is 4.28. The molecule has 0 aliphatic heterocycles. The van der Waals surface area contributed by atoms with Gasteiger partial charge in [0.25, 0.3) is 0 Å². The van der Waals surface area contributed by atoms with E-state index >= 15 is 0 Å². The standard InChI is InChI=1S/C7H12N7S/c1-4(2)12-14-13-6-9-5(8)10-7(11-6)15-3/h4H,1-3H3,(H2,8,9,10,11)/q+1. The van der Waals surface area contributed by atoms with Gasteiger partial charge >= 0.3 is 5.95 Å². The van der Waals surface area contributed by atoms with E-state index in [-0.39, 0.29) is 17.9 Å². The zero-order valence-corrected chi connectivity index (χ0v) is 9.56. The van der Waals surface area contributed by atoms with Gasteiger partial charge in [0.05, 0.1) is 0 Å². The van der Waals surface area contributed by atoms with Gasteiger partial charge in [-0.15, -0.1) is 0 Å². The van der Waals surface area contributed by atoms with E-state index in [1.165, 1.54) is 11.8 Å². The molecule has 0 fully saturated rings. The van der Waals surface area contributed by atoms with Crippen molar-refractivity contribution in [2.45, 2.75) is 25.0 Å². The van der Waals surface area contributed by atoms with E-state index in [4.69, 9.17) is 5.73 Å². The number of aromatic nitrogens is 3. The van der Waals surface area contributed by atoms with E-state index in [1.54, 1.807) is 0 Å². The van der Waals surface area contributed by atoms with Crippen molar-refractivity contribution < 1.29 is 0 Å². The van der Waals surface area contributed by atoms with Crippen molar-refractivity contribution in [1.29, 1.82) is 0 Å². The lowest BCUT2D eigenvalue weighted by molar-refractivity contribution is 0.741. The molecule has 1 aromatic heterocycles. The van der Waals surface area contributed by atoms with E-state index in [2.05, 4.69) is 30.1 Å². The monoisotopic (exact) mass is 226 g/mol. The van der Waals surface area contributed by atoms with Crippen molar-refractivity contribution in [2.75, 3.05) is 12.0 Å². The van der Waals surface area contributed by atoms with Crippen LogP contribution in [-0.2, 0) is 0 Å². The van der Waals surface area contributed by atoms with E-state index < -0.39 is 0 Å². The predicted octanol–water partition coefficient (Wildman–Crippen LogP) is 1.19.